The number of aryl methyl sites for hydroxylation is 1. The number of ether oxygens (including phenoxy) is 1. The quantitative estimate of drug-likeness (QED) is 0.643. The van der Waals surface area contributed by atoms with Crippen molar-refractivity contribution in [1.82, 2.24) is 14.8 Å². The van der Waals surface area contributed by atoms with Crippen molar-refractivity contribution in [1.29, 1.82) is 0 Å². The summed E-state index contributed by atoms with van der Waals surface area (Å²) in [6.07, 6.45) is 1.66. The van der Waals surface area contributed by atoms with Crippen LogP contribution in [0, 0.1) is 0 Å². The minimum Gasteiger partial charge on any atom is -0.459 e. The normalized spacial score (nSPS) is 10.6. The Morgan fingerprint density at radius 3 is 2.96 bits per heavy atom. The van der Waals surface area contributed by atoms with Crippen molar-refractivity contribution >= 4 is 17.3 Å². The van der Waals surface area contributed by atoms with Gasteiger partial charge in [0.05, 0.1) is 23.5 Å². The van der Waals surface area contributed by atoms with Crippen molar-refractivity contribution < 1.29 is 13.9 Å². The lowest BCUT2D eigenvalue weighted by molar-refractivity contribution is -0.145. The molecule has 0 unspecified atom stereocenters. The zero-order valence-electron chi connectivity index (χ0n) is 12.0. The molecule has 3 aromatic rings. The average molecular weight is 331 g/mol. The van der Waals surface area contributed by atoms with Crippen LogP contribution in [0.1, 0.15) is 12.1 Å². The molecule has 0 atom stereocenters. The molecule has 0 radical (unpaired) electrons. The number of hydrogen-bond donors (Lipinski definition) is 0. The van der Waals surface area contributed by atoms with Crippen molar-refractivity contribution in [3.8, 4) is 10.8 Å². The van der Waals surface area contributed by atoms with Crippen molar-refractivity contribution in [2.45, 2.75) is 19.6 Å². The fraction of sp³-hybridized carbons (Fsp3) is 0.200. The third-order valence-corrected chi connectivity index (χ3v) is 3.83. The van der Waals surface area contributed by atoms with Crippen LogP contribution in [-0.2, 0) is 22.7 Å². The summed E-state index contributed by atoms with van der Waals surface area (Å²) in [4.78, 5) is 28.2. The van der Waals surface area contributed by atoms with Gasteiger partial charge in [-0.3, -0.25) is 9.78 Å². The van der Waals surface area contributed by atoms with Gasteiger partial charge in [0.25, 0.3) is 5.89 Å². The second-order valence-electron chi connectivity index (χ2n) is 4.61. The Morgan fingerprint density at radius 1 is 1.30 bits per heavy atom. The topological polar surface area (TPSA) is 87.2 Å². The molecule has 0 saturated heterocycles. The number of esters is 1. The van der Waals surface area contributed by atoms with Crippen LogP contribution < -0.4 is 5.76 Å². The number of thiophene rings is 1. The first-order chi connectivity index (χ1) is 11.2. The maximum absolute atomic E-state index is 11.7. The molecule has 0 amide bonds. The molecule has 3 rings (SSSR count). The number of nitrogens with zero attached hydrogens (tertiary/aromatic N) is 3. The minimum atomic E-state index is -0.592. The Kier molecular flexibility index (Phi) is 4.62. The number of rotatable bonds is 6. The van der Waals surface area contributed by atoms with Gasteiger partial charge in [0.1, 0.15) is 6.61 Å². The Morgan fingerprint density at radius 2 is 2.22 bits per heavy atom. The molecular weight excluding hydrogens is 318 g/mol. The molecule has 0 fully saturated rings. The van der Waals surface area contributed by atoms with E-state index in [-0.39, 0.29) is 25.5 Å². The molecule has 0 aliphatic carbocycles. The predicted molar refractivity (Wildman–Crippen MR) is 82.7 cm³/mol. The van der Waals surface area contributed by atoms with Crippen molar-refractivity contribution in [3.63, 3.8) is 0 Å². The van der Waals surface area contributed by atoms with Crippen LogP contribution in [0.2, 0.25) is 0 Å². The van der Waals surface area contributed by atoms with Crippen molar-refractivity contribution in [3.05, 3.63) is 58.2 Å². The molecule has 3 heterocycles. The molecule has 8 heteroatoms. The third kappa shape index (κ3) is 3.92. The van der Waals surface area contributed by atoms with E-state index < -0.39 is 11.7 Å². The molecular formula is C15H13N3O4S. The summed E-state index contributed by atoms with van der Waals surface area (Å²) in [5, 5.41) is 5.93. The highest BCUT2D eigenvalue weighted by molar-refractivity contribution is 7.13. The van der Waals surface area contributed by atoms with Crippen LogP contribution in [0.5, 0.6) is 0 Å². The standard InChI is InChI=1S/C15H13N3O4S/c19-13(21-10-11-4-1-2-7-16-11)6-8-18-15(20)22-14(17-18)12-5-3-9-23-12/h1-5,7,9H,6,8,10H2. The van der Waals surface area contributed by atoms with E-state index >= 15 is 0 Å². The molecule has 0 spiro atoms. The lowest BCUT2D eigenvalue weighted by atomic mass is 10.4. The Hall–Kier alpha value is -2.74. The summed E-state index contributed by atoms with van der Waals surface area (Å²) >= 11 is 1.42. The van der Waals surface area contributed by atoms with Crippen LogP contribution in [-0.4, -0.2) is 20.7 Å². The highest BCUT2D eigenvalue weighted by atomic mass is 32.1. The van der Waals surface area contributed by atoms with Crippen LogP contribution in [0.25, 0.3) is 10.8 Å². The second kappa shape index (κ2) is 7.01. The fourth-order valence-corrected chi connectivity index (χ4v) is 2.50. The SMILES string of the molecule is O=C(CCn1nc(-c2cccs2)oc1=O)OCc1ccccn1. The monoisotopic (exact) mass is 331 g/mol. The Bertz CT molecular complexity index is 824. The molecule has 118 valence electrons. The zero-order chi connectivity index (χ0) is 16.1. The van der Waals surface area contributed by atoms with Crippen LogP contribution in [0.4, 0.5) is 0 Å². The van der Waals surface area contributed by atoms with Crippen molar-refractivity contribution in [2.75, 3.05) is 0 Å². The first kappa shape index (κ1) is 15.2. The van der Waals surface area contributed by atoms with Gasteiger partial charge in [0.2, 0.25) is 0 Å². The largest absolute Gasteiger partial charge is 0.459 e. The van der Waals surface area contributed by atoms with Crippen LogP contribution >= 0.6 is 11.3 Å². The molecule has 0 aliphatic heterocycles. The predicted octanol–water partition coefficient (Wildman–Crippen LogP) is 2.09. The van der Waals surface area contributed by atoms with E-state index in [2.05, 4.69) is 10.1 Å². The van der Waals surface area contributed by atoms with E-state index in [4.69, 9.17) is 9.15 Å². The molecule has 0 saturated carbocycles. The van der Waals surface area contributed by atoms with Gasteiger partial charge in [-0.1, -0.05) is 12.1 Å². The second-order valence-corrected chi connectivity index (χ2v) is 5.55. The Labute approximate surface area is 135 Å². The molecule has 0 N–H and O–H groups in total. The number of carbonyl (C=O) groups is 1. The number of hydrogen-bond acceptors (Lipinski definition) is 7. The smallest absolute Gasteiger partial charge is 0.437 e. The molecule has 0 bridgehead atoms. The van der Waals surface area contributed by atoms with Crippen molar-refractivity contribution in [2.24, 2.45) is 0 Å². The molecule has 23 heavy (non-hydrogen) atoms. The summed E-state index contributed by atoms with van der Waals surface area (Å²) in [6.45, 7) is 0.211. The summed E-state index contributed by atoms with van der Waals surface area (Å²) in [6, 6.07) is 9.02. The third-order valence-electron chi connectivity index (χ3n) is 2.97. The maximum Gasteiger partial charge on any atom is 0.437 e. The van der Waals surface area contributed by atoms with E-state index in [1.165, 1.54) is 11.3 Å². The lowest BCUT2D eigenvalue weighted by Crippen LogP contribution is -2.19. The molecule has 0 aliphatic rings. The lowest BCUT2D eigenvalue weighted by Gasteiger charge is -2.03. The van der Waals surface area contributed by atoms with E-state index in [0.717, 1.165) is 9.56 Å². The van der Waals surface area contributed by atoms with Crippen LogP contribution in [0.15, 0.2) is 51.1 Å². The molecule has 3 aromatic heterocycles. The van der Waals surface area contributed by atoms with E-state index in [1.807, 2.05) is 17.5 Å². The highest BCUT2D eigenvalue weighted by Crippen LogP contribution is 2.21. The summed E-state index contributed by atoms with van der Waals surface area (Å²) in [5.41, 5.74) is 0.666. The maximum atomic E-state index is 11.7. The first-order valence-electron chi connectivity index (χ1n) is 6.90. The van der Waals surface area contributed by atoms with Crippen LogP contribution in [0.3, 0.4) is 0 Å². The molecule has 0 aromatic carbocycles. The van der Waals surface area contributed by atoms with Gasteiger partial charge in [-0.15, -0.1) is 16.4 Å². The van der Waals surface area contributed by atoms with E-state index in [9.17, 15) is 9.59 Å². The van der Waals surface area contributed by atoms with Gasteiger partial charge in [-0.25, -0.2) is 4.79 Å². The number of aromatic nitrogens is 3. The fourth-order valence-electron chi connectivity index (χ4n) is 1.85. The zero-order valence-corrected chi connectivity index (χ0v) is 12.9. The van der Waals surface area contributed by atoms with Gasteiger partial charge < -0.3 is 9.15 Å². The summed E-state index contributed by atoms with van der Waals surface area (Å²) < 4.78 is 11.3. The van der Waals surface area contributed by atoms with E-state index in [1.54, 1.807) is 24.4 Å². The summed E-state index contributed by atoms with van der Waals surface area (Å²) in [7, 11) is 0. The molecule has 7 nitrogen and oxygen atoms in total. The first-order valence-corrected chi connectivity index (χ1v) is 7.78. The highest BCUT2D eigenvalue weighted by Gasteiger charge is 2.12. The number of carbonyl (C=O) groups excluding carboxylic acids is 1. The van der Waals surface area contributed by atoms with Gasteiger partial charge in [-0.05, 0) is 23.6 Å². The average Bonchev–Trinajstić information content (AvgIpc) is 3.21. The summed E-state index contributed by atoms with van der Waals surface area (Å²) in [5.74, 6) is -0.763. The van der Waals surface area contributed by atoms with Gasteiger partial charge in [-0.2, -0.15) is 4.68 Å². The van der Waals surface area contributed by atoms with E-state index in [0.29, 0.717) is 5.69 Å². The minimum absolute atomic E-state index is 0.0309. The van der Waals surface area contributed by atoms with Gasteiger partial charge >= 0.3 is 11.7 Å². The van der Waals surface area contributed by atoms with Gasteiger partial charge in [0, 0.05) is 6.20 Å². The number of pyridine rings is 1. The Balaban J connectivity index is 1.54. The van der Waals surface area contributed by atoms with Gasteiger partial charge in [0.15, 0.2) is 0 Å².